The summed E-state index contributed by atoms with van der Waals surface area (Å²) in [7, 11) is 0. The SMILES string of the molecule is CC(C)(CC(=O)O)NC1CCCC[N]1. The summed E-state index contributed by atoms with van der Waals surface area (Å²) >= 11 is 0. The quantitative estimate of drug-likeness (QED) is 0.708. The van der Waals surface area contributed by atoms with Gasteiger partial charge in [0.2, 0.25) is 0 Å². The van der Waals surface area contributed by atoms with E-state index in [9.17, 15) is 4.79 Å². The minimum Gasteiger partial charge on any atom is -0.481 e. The Hall–Kier alpha value is -0.610. The summed E-state index contributed by atoms with van der Waals surface area (Å²) in [6.07, 6.45) is 3.67. The van der Waals surface area contributed by atoms with E-state index in [4.69, 9.17) is 5.11 Å². The molecule has 0 spiro atoms. The van der Waals surface area contributed by atoms with Crippen LogP contribution in [0.15, 0.2) is 0 Å². The molecule has 1 atom stereocenters. The van der Waals surface area contributed by atoms with Crippen LogP contribution in [0.25, 0.3) is 0 Å². The molecule has 2 N–H and O–H groups in total. The summed E-state index contributed by atoms with van der Waals surface area (Å²) in [4.78, 5) is 10.6. The molecule has 14 heavy (non-hydrogen) atoms. The van der Waals surface area contributed by atoms with Crippen molar-refractivity contribution in [2.24, 2.45) is 0 Å². The van der Waals surface area contributed by atoms with Crippen LogP contribution in [0.4, 0.5) is 0 Å². The van der Waals surface area contributed by atoms with Crippen molar-refractivity contribution in [3.05, 3.63) is 0 Å². The molecule has 1 aliphatic heterocycles. The molecule has 81 valence electrons. The van der Waals surface area contributed by atoms with Crippen molar-refractivity contribution >= 4 is 5.97 Å². The number of carboxylic acid groups (broad SMARTS) is 1. The summed E-state index contributed by atoms with van der Waals surface area (Å²) < 4.78 is 0. The van der Waals surface area contributed by atoms with E-state index in [0.29, 0.717) is 0 Å². The largest absolute Gasteiger partial charge is 0.481 e. The number of aliphatic carboxylic acids is 1. The molecule has 1 unspecified atom stereocenters. The third-order valence-electron chi connectivity index (χ3n) is 2.39. The first-order valence-electron chi connectivity index (χ1n) is 5.16. The second kappa shape index (κ2) is 4.75. The average Bonchev–Trinajstić information content (AvgIpc) is 2.02. The predicted molar refractivity (Wildman–Crippen MR) is 54.1 cm³/mol. The van der Waals surface area contributed by atoms with Crippen LogP contribution >= 0.6 is 0 Å². The monoisotopic (exact) mass is 199 g/mol. The molecule has 1 rings (SSSR count). The number of carboxylic acids is 1. The van der Waals surface area contributed by atoms with E-state index in [-0.39, 0.29) is 18.1 Å². The predicted octanol–water partition coefficient (Wildman–Crippen LogP) is 0.944. The van der Waals surface area contributed by atoms with E-state index in [1.54, 1.807) is 0 Å². The molecular formula is C10H19N2O2. The summed E-state index contributed by atoms with van der Waals surface area (Å²) in [6.45, 7) is 4.72. The Balaban J connectivity index is 2.36. The average molecular weight is 199 g/mol. The van der Waals surface area contributed by atoms with Crippen molar-refractivity contribution in [3.8, 4) is 0 Å². The van der Waals surface area contributed by atoms with Crippen LogP contribution in [0.2, 0.25) is 0 Å². The van der Waals surface area contributed by atoms with Gasteiger partial charge in [-0.2, -0.15) is 0 Å². The van der Waals surface area contributed by atoms with Gasteiger partial charge in [-0.15, -0.1) is 0 Å². The van der Waals surface area contributed by atoms with Gasteiger partial charge in [0.25, 0.3) is 0 Å². The van der Waals surface area contributed by atoms with Gasteiger partial charge in [0, 0.05) is 12.1 Å². The van der Waals surface area contributed by atoms with Gasteiger partial charge in [0.05, 0.1) is 12.6 Å². The van der Waals surface area contributed by atoms with E-state index in [1.165, 1.54) is 6.42 Å². The zero-order valence-electron chi connectivity index (χ0n) is 8.92. The van der Waals surface area contributed by atoms with Gasteiger partial charge >= 0.3 is 5.97 Å². The van der Waals surface area contributed by atoms with Gasteiger partial charge in [0.1, 0.15) is 0 Å². The lowest BCUT2D eigenvalue weighted by atomic mass is 9.99. The molecule has 1 heterocycles. The van der Waals surface area contributed by atoms with E-state index in [2.05, 4.69) is 10.6 Å². The van der Waals surface area contributed by atoms with Gasteiger partial charge in [-0.25, -0.2) is 5.32 Å². The van der Waals surface area contributed by atoms with Gasteiger partial charge < -0.3 is 5.11 Å². The first kappa shape index (κ1) is 11.5. The Labute approximate surface area is 85.1 Å². The molecule has 0 aromatic rings. The first-order valence-corrected chi connectivity index (χ1v) is 5.16. The molecule has 1 saturated heterocycles. The van der Waals surface area contributed by atoms with Crippen molar-refractivity contribution in [1.82, 2.24) is 10.6 Å². The summed E-state index contributed by atoms with van der Waals surface area (Å²) in [5.74, 6) is -0.765. The maximum atomic E-state index is 10.6. The second-order valence-corrected chi connectivity index (χ2v) is 4.52. The number of nitrogens with one attached hydrogen (secondary N) is 1. The standard InChI is InChI=1S/C10H19N2O2/c1-10(2,7-9(13)14)12-8-5-3-4-6-11-8/h8,12H,3-7H2,1-2H3,(H,13,14). The smallest absolute Gasteiger partial charge is 0.305 e. The van der Waals surface area contributed by atoms with E-state index in [0.717, 1.165) is 19.4 Å². The molecule has 1 radical (unpaired) electrons. The molecule has 0 amide bonds. The maximum Gasteiger partial charge on any atom is 0.305 e. The summed E-state index contributed by atoms with van der Waals surface area (Å²) in [6, 6.07) is 0. The van der Waals surface area contributed by atoms with Crippen molar-refractivity contribution in [1.29, 1.82) is 0 Å². The van der Waals surface area contributed by atoms with Crippen LogP contribution in [-0.2, 0) is 4.79 Å². The fourth-order valence-corrected chi connectivity index (χ4v) is 1.79. The lowest BCUT2D eigenvalue weighted by molar-refractivity contribution is -0.138. The van der Waals surface area contributed by atoms with Crippen LogP contribution in [-0.4, -0.2) is 29.3 Å². The van der Waals surface area contributed by atoms with Crippen molar-refractivity contribution in [3.63, 3.8) is 0 Å². The Morgan fingerprint density at radius 2 is 2.29 bits per heavy atom. The highest BCUT2D eigenvalue weighted by Gasteiger charge is 2.26. The number of nitrogens with zero attached hydrogens (tertiary/aromatic N) is 1. The first-order chi connectivity index (χ1) is 6.49. The Kier molecular flexibility index (Phi) is 3.89. The van der Waals surface area contributed by atoms with Gasteiger partial charge in [-0.1, -0.05) is 0 Å². The third kappa shape index (κ3) is 4.07. The highest BCUT2D eigenvalue weighted by atomic mass is 16.4. The van der Waals surface area contributed by atoms with Crippen molar-refractivity contribution < 1.29 is 9.90 Å². The normalized spacial score (nSPS) is 23.4. The Morgan fingerprint density at radius 3 is 2.79 bits per heavy atom. The molecule has 1 aliphatic rings. The minimum absolute atomic E-state index is 0.138. The lowest BCUT2D eigenvalue weighted by Gasteiger charge is -2.32. The summed E-state index contributed by atoms with van der Waals surface area (Å²) in [5.41, 5.74) is -0.364. The zero-order chi connectivity index (χ0) is 10.6. The number of carbonyl (C=O) groups is 1. The highest BCUT2D eigenvalue weighted by Crippen LogP contribution is 2.13. The topological polar surface area (TPSA) is 63.4 Å². The fraction of sp³-hybridized carbons (Fsp3) is 0.900. The number of rotatable bonds is 4. The molecule has 4 heteroatoms. The summed E-state index contributed by atoms with van der Waals surface area (Å²) in [5, 5.41) is 16.4. The van der Waals surface area contributed by atoms with Gasteiger partial charge in [-0.05, 0) is 33.1 Å². The third-order valence-corrected chi connectivity index (χ3v) is 2.39. The van der Waals surface area contributed by atoms with Gasteiger partial charge in [-0.3, -0.25) is 10.1 Å². The number of piperidine rings is 1. The van der Waals surface area contributed by atoms with E-state index >= 15 is 0 Å². The van der Waals surface area contributed by atoms with Crippen molar-refractivity contribution in [2.75, 3.05) is 6.54 Å². The van der Waals surface area contributed by atoms with Crippen LogP contribution in [0, 0.1) is 0 Å². The zero-order valence-corrected chi connectivity index (χ0v) is 8.92. The van der Waals surface area contributed by atoms with Crippen LogP contribution in [0.1, 0.15) is 39.5 Å². The Morgan fingerprint density at radius 1 is 1.57 bits per heavy atom. The van der Waals surface area contributed by atoms with Crippen LogP contribution in [0.3, 0.4) is 0 Å². The Bertz CT molecular complexity index is 198. The van der Waals surface area contributed by atoms with E-state index < -0.39 is 5.97 Å². The number of hydrogen-bond acceptors (Lipinski definition) is 2. The highest BCUT2D eigenvalue weighted by molar-refractivity contribution is 5.68. The fourth-order valence-electron chi connectivity index (χ4n) is 1.79. The molecule has 0 aliphatic carbocycles. The molecule has 1 fully saturated rings. The lowest BCUT2D eigenvalue weighted by Crippen LogP contribution is -2.52. The molecule has 0 saturated carbocycles. The van der Waals surface area contributed by atoms with Crippen LogP contribution < -0.4 is 10.6 Å². The molecular weight excluding hydrogens is 180 g/mol. The molecule has 4 nitrogen and oxygen atoms in total. The van der Waals surface area contributed by atoms with Gasteiger partial charge in [0.15, 0.2) is 0 Å². The molecule has 0 aromatic heterocycles. The van der Waals surface area contributed by atoms with Crippen molar-refractivity contribution in [2.45, 2.75) is 51.2 Å². The molecule has 0 aromatic carbocycles. The van der Waals surface area contributed by atoms with E-state index in [1.807, 2.05) is 13.8 Å². The number of hydrogen-bond donors (Lipinski definition) is 2. The van der Waals surface area contributed by atoms with Crippen LogP contribution in [0.5, 0.6) is 0 Å². The minimum atomic E-state index is -0.765. The molecule has 0 bridgehead atoms. The maximum absolute atomic E-state index is 10.6. The second-order valence-electron chi connectivity index (χ2n) is 4.52.